The Labute approximate surface area is 271 Å². The summed E-state index contributed by atoms with van der Waals surface area (Å²) in [4.78, 5) is 38.9. The molecule has 1 aliphatic heterocycles. The van der Waals surface area contributed by atoms with E-state index in [0.29, 0.717) is 38.6 Å². The topological polar surface area (TPSA) is 82.1 Å². The number of rotatable bonds is 23. The van der Waals surface area contributed by atoms with Gasteiger partial charge in [0.2, 0.25) is 0 Å². The Kier molecular flexibility index (Phi) is 18.0. The van der Waals surface area contributed by atoms with Gasteiger partial charge in [-0.05, 0) is 62.7 Å². The van der Waals surface area contributed by atoms with E-state index in [1.54, 1.807) is 0 Å². The van der Waals surface area contributed by atoms with Crippen LogP contribution in [-0.2, 0) is 41.8 Å². The molecule has 1 unspecified atom stereocenters. The summed E-state index contributed by atoms with van der Waals surface area (Å²) in [5.74, 6) is 0.0976. The minimum Gasteiger partial charge on any atom is -0.465 e. The lowest BCUT2D eigenvalue weighted by Gasteiger charge is -2.19. The molecule has 0 saturated carbocycles. The van der Waals surface area contributed by atoms with Crippen molar-refractivity contribution in [3.8, 4) is 0 Å². The zero-order chi connectivity index (χ0) is 32.0. The number of nitrogens with zero attached hydrogens (tertiary/aromatic N) is 1. The fourth-order valence-electron chi connectivity index (χ4n) is 5.84. The van der Waals surface area contributed by atoms with E-state index in [2.05, 4.69) is 11.9 Å². The van der Waals surface area contributed by atoms with Gasteiger partial charge < -0.3 is 19.1 Å². The quantitative estimate of drug-likeness (QED) is 0.0705. The van der Waals surface area contributed by atoms with Gasteiger partial charge in [-0.2, -0.15) is 0 Å². The van der Waals surface area contributed by atoms with Crippen LogP contribution in [-0.4, -0.2) is 49.6 Å². The SMILES string of the molecule is CN1CCC(C(=O)OCC(CCCCCCCC(=O)OCc2ccccc2)CCCCCCCC(=O)OCc2ccccc2)C1. The number of hydrogen-bond acceptors (Lipinski definition) is 7. The van der Waals surface area contributed by atoms with Crippen molar-refractivity contribution in [2.24, 2.45) is 11.8 Å². The zero-order valence-corrected chi connectivity index (χ0v) is 27.5. The summed E-state index contributed by atoms with van der Waals surface area (Å²) in [5, 5.41) is 0. The largest absolute Gasteiger partial charge is 0.465 e. The highest BCUT2D eigenvalue weighted by molar-refractivity contribution is 5.73. The van der Waals surface area contributed by atoms with Crippen LogP contribution in [0, 0.1) is 11.8 Å². The summed E-state index contributed by atoms with van der Waals surface area (Å²) in [7, 11) is 2.05. The van der Waals surface area contributed by atoms with Crippen LogP contribution >= 0.6 is 0 Å². The summed E-state index contributed by atoms with van der Waals surface area (Å²) in [6.45, 7) is 2.95. The maximum atomic E-state index is 12.6. The van der Waals surface area contributed by atoms with Crippen LogP contribution in [0.15, 0.2) is 60.7 Å². The lowest BCUT2D eigenvalue weighted by Crippen LogP contribution is -2.24. The van der Waals surface area contributed by atoms with Gasteiger partial charge in [-0.3, -0.25) is 14.4 Å². The number of carbonyl (C=O) groups excluding carboxylic acids is 3. The van der Waals surface area contributed by atoms with Crippen molar-refractivity contribution < 1.29 is 28.6 Å². The van der Waals surface area contributed by atoms with Crippen molar-refractivity contribution in [1.82, 2.24) is 4.90 Å². The number of likely N-dealkylation sites (tertiary alicyclic amines) is 1. The van der Waals surface area contributed by atoms with E-state index in [0.717, 1.165) is 108 Å². The summed E-state index contributed by atoms with van der Waals surface area (Å²) in [6, 6.07) is 19.5. The van der Waals surface area contributed by atoms with Gasteiger partial charge in [0.05, 0.1) is 12.5 Å². The van der Waals surface area contributed by atoms with Crippen LogP contribution in [0.2, 0.25) is 0 Å². The number of unbranched alkanes of at least 4 members (excludes halogenated alkanes) is 8. The normalized spacial score (nSPS) is 14.8. The highest BCUT2D eigenvalue weighted by atomic mass is 16.5. The number of benzene rings is 2. The molecule has 1 saturated heterocycles. The van der Waals surface area contributed by atoms with Gasteiger partial charge in [0.1, 0.15) is 13.2 Å². The average Bonchev–Trinajstić information content (AvgIpc) is 3.51. The van der Waals surface area contributed by atoms with Crippen LogP contribution < -0.4 is 0 Å². The number of ether oxygens (including phenoxy) is 3. The average molecular weight is 622 g/mol. The molecular formula is C38H55NO6. The molecule has 0 spiro atoms. The highest BCUT2D eigenvalue weighted by Gasteiger charge is 2.28. The van der Waals surface area contributed by atoms with Crippen molar-refractivity contribution in [3.63, 3.8) is 0 Å². The van der Waals surface area contributed by atoms with Crippen LogP contribution in [0.25, 0.3) is 0 Å². The fraction of sp³-hybridized carbons (Fsp3) is 0.605. The molecule has 2 aromatic carbocycles. The smallest absolute Gasteiger partial charge is 0.310 e. The Bertz CT molecular complexity index is 1020. The second-order valence-corrected chi connectivity index (χ2v) is 12.6. The molecule has 248 valence electrons. The first-order valence-electron chi connectivity index (χ1n) is 17.2. The second kappa shape index (κ2) is 22.3. The lowest BCUT2D eigenvalue weighted by atomic mass is 9.94. The van der Waals surface area contributed by atoms with Crippen molar-refractivity contribution in [1.29, 1.82) is 0 Å². The van der Waals surface area contributed by atoms with Crippen LogP contribution in [0.3, 0.4) is 0 Å². The van der Waals surface area contributed by atoms with E-state index in [1.165, 1.54) is 0 Å². The molecule has 7 heteroatoms. The molecule has 1 heterocycles. The van der Waals surface area contributed by atoms with E-state index in [9.17, 15) is 14.4 Å². The molecule has 0 aliphatic carbocycles. The van der Waals surface area contributed by atoms with Crippen LogP contribution in [0.5, 0.6) is 0 Å². The van der Waals surface area contributed by atoms with Gasteiger partial charge in [0, 0.05) is 19.4 Å². The fourth-order valence-corrected chi connectivity index (χ4v) is 5.84. The van der Waals surface area contributed by atoms with E-state index in [4.69, 9.17) is 14.2 Å². The highest BCUT2D eigenvalue weighted by Crippen LogP contribution is 2.22. The molecule has 0 N–H and O–H groups in total. The zero-order valence-electron chi connectivity index (χ0n) is 27.5. The maximum Gasteiger partial charge on any atom is 0.310 e. The first-order valence-corrected chi connectivity index (χ1v) is 17.2. The van der Waals surface area contributed by atoms with E-state index in [1.807, 2.05) is 60.7 Å². The molecular weight excluding hydrogens is 566 g/mol. The molecule has 0 amide bonds. The molecule has 1 fully saturated rings. The van der Waals surface area contributed by atoms with Gasteiger partial charge in [0.25, 0.3) is 0 Å². The minimum absolute atomic E-state index is 0.00872. The molecule has 0 radical (unpaired) electrons. The van der Waals surface area contributed by atoms with E-state index in [-0.39, 0.29) is 23.8 Å². The molecule has 3 rings (SSSR count). The molecule has 0 bridgehead atoms. The number of hydrogen-bond donors (Lipinski definition) is 0. The van der Waals surface area contributed by atoms with E-state index < -0.39 is 0 Å². The van der Waals surface area contributed by atoms with Crippen molar-refractivity contribution in [2.45, 2.75) is 110 Å². The van der Waals surface area contributed by atoms with Gasteiger partial charge in [-0.25, -0.2) is 0 Å². The molecule has 0 aromatic heterocycles. The van der Waals surface area contributed by atoms with E-state index >= 15 is 0 Å². The summed E-state index contributed by atoms with van der Waals surface area (Å²) >= 11 is 0. The van der Waals surface area contributed by atoms with Gasteiger partial charge in [-0.1, -0.05) is 112 Å². The second-order valence-electron chi connectivity index (χ2n) is 12.6. The Morgan fingerprint density at radius 2 is 1.13 bits per heavy atom. The first-order chi connectivity index (χ1) is 22.0. The van der Waals surface area contributed by atoms with Crippen molar-refractivity contribution in [2.75, 3.05) is 26.7 Å². The summed E-state index contributed by atoms with van der Waals surface area (Å²) < 4.78 is 16.6. The van der Waals surface area contributed by atoms with Gasteiger partial charge >= 0.3 is 17.9 Å². The van der Waals surface area contributed by atoms with Crippen molar-refractivity contribution >= 4 is 17.9 Å². The Balaban J connectivity index is 1.24. The summed E-state index contributed by atoms with van der Waals surface area (Å²) in [5.41, 5.74) is 2.02. The maximum absolute atomic E-state index is 12.6. The third-order valence-corrected chi connectivity index (χ3v) is 8.66. The molecule has 1 atom stereocenters. The van der Waals surface area contributed by atoms with Crippen LogP contribution in [0.4, 0.5) is 0 Å². The first kappa shape index (κ1) is 36.3. The Morgan fingerprint density at radius 3 is 1.60 bits per heavy atom. The summed E-state index contributed by atoms with van der Waals surface area (Å²) in [6.07, 6.45) is 14.4. The monoisotopic (exact) mass is 621 g/mol. The van der Waals surface area contributed by atoms with Gasteiger partial charge in [-0.15, -0.1) is 0 Å². The molecule has 1 aliphatic rings. The molecule has 7 nitrogen and oxygen atoms in total. The number of carbonyl (C=O) groups is 3. The van der Waals surface area contributed by atoms with Crippen LogP contribution in [0.1, 0.15) is 107 Å². The third-order valence-electron chi connectivity index (χ3n) is 8.66. The minimum atomic E-state index is -0.128. The standard InChI is InChI=1S/C38H55NO6/c1-39-27-26-35(28-39)38(42)45-31-34(18-10-4-2-6-16-24-36(40)43-29-32-20-12-8-13-21-32)19-11-5-3-7-17-25-37(41)44-30-33-22-14-9-15-23-33/h8-9,12-15,20-23,34-35H,2-7,10-11,16-19,24-31H2,1H3. The van der Waals surface area contributed by atoms with Gasteiger partial charge in [0.15, 0.2) is 0 Å². The predicted octanol–water partition coefficient (Wildman–Crippen LogP) is 8.05. The Morgan fingerprint density at radius 1 is 0.667 bits per heavy atom. The number of esters is 3. The predicted molar refractivity (Wildman–Crippen MR) is 177 cm³/mol. The molecule has 45 heavy (non-hydrogen) atoms. The lowest BCUT2D eigenvalue weighted by molar-refractivity contribution is -0.149. The van der Waals surface area contributed by atoms with Crippen molar-refractivity contribution in [3.05, 3.63) is 71.8 Å². The Hall–Kier alpha value is -3.19. The molecule has 2 aromatic rings. The third kappa shape index (κ3) is 16.6.